The van der Waals surface area contributed by atoms with Crippen molar-refractivity contribution in [1.29, 1.82) is 0 Å². The monoisotopic (exact) mass is 657 g/mol. The number of aromatic nitrogens is 3. The predicted molar refractivity (Wildman–Crippen MR) is 204 cm³/mol. The molecule has 5 aliphatic rings. The van der Waals surface area contributed by atoms with Gasteiger partial charge in [-0.05, 0) is 107 Å². The Morgan fingerprint density at radius 3 is 2.00 bits per heavy atom. The number of hydrogen-bond acceptors (Lipinski definition) is 4. The fourth-order valence-corrected chi connectivity index (χ4v) is 11.4. The average Bonchev–Trinajstić information content (AvgIpc) is 3.71. The molecular formula is C47H35N3O. The van der Waals surface area contributed by atoms with E-state index >= 15 is 0 Å². The van der Waals surface area contributed by atoms with Crippen LogP contribution in [-0.4, -0.2) is 15.0 Å². The summed E-state index contributed by atoms with van der Waals surface area (Å²) in [4.78, 5) is 15.6. The highest BCUT2D eigenvalue weighted by atomic mass is 16.3. The summed E-state index contributed by atoms with van der Waals surface area (Å²) in [6, 6.07) is 45.8. The lowest BCUT2D eigenvalue weighted by atomic mass is 9.43. The quantitative estimate of drug-likeness (QED) is 0.190. The van der Waals surface area contributed by atoms with E-state index in [2.05, 4.69) is 97.1 Å². The third kappa shape index (κ3) is 3.83. The highest BCUT2D eigenvalue weighted by molar-refractivity contribution is 6.09. The van der Waals surface area contributed by atoms with Crippen molar-refractivity contribution in [3.8, 4) is 45.3 Å². The first-order valence-electron chi connectivity index (χ1n) is 18.6. The molecule has 0 aliphatic heterocycles. The number of para-hydroxylation sites is 2. The Balaban J connectivity index is 1.10. The Morgan fingerprint density at radius 1 is 0.490 bits per heavy atom. The summed E-state index contributed by atoms with van der Waals surface area (Å²) in [6.45, 7) is 0. The molecule has 4 bridgehead atoms. The van der Waals surface area contributed by atoms with Crippen molar-refractivity contribution in [2.75, 3.05) is 0 Å². The fourth-order valence-electron chi connectivity index (χ4n) is 11.4. The van der Waals surface area contributed by atoms with Crippen molar-refractivity contribution >= 4 is 32.7 Å². The van der Waals surface area contributed by atoms with Crippen LogP contribution in [0.5, 0.6) is 0 Å². The summed E-state index contributed by atoms with van der Waals surface area (Å²) in [5.74, 6) is 5.11. The summed E-state index contributed by atoms with van der Waals surface area (Å²) in [6.07, 6.45) is 6.82. The molecule has 13 rings (SSSR count). The summed E-state index contributed by atoms with van der Waals surface area (Å²) in [5.41, 5.74) is 10.5. The third-order valence-electron chi connectivity index (χ3n) is 13.1. The van der Waals surface area contributed by atoms with Crippen molar-refractivity contribution in [3.05, 3.63) is 139 Å². The van der Waals surface area contributed by atoms with Crippen LogP contribution in [0, 0.1) is 23.7 Å². The summed E-state index contributed by atoms with van der Waals surface area (Å²) < 4.78 is 6.49. The Hall–Kier alpha value is -5.61. The van der Waals surface area contributed by atoms with Crippen LogP contribution in [-0.2, 0) is 5.41 Å². The van der Waals surface area contributed by atoms with E-state index in [4.69, 9.17) is 19.4 Å². The van der Waals surface area contributed by atoms with E-state index in [-0.39, 0.29) is 5.41 Å². The van der Waals surface area contributed by atoms with Crippen LogP contribution in [0.1, 0.15) is 43.2 Å². The minimum Gasteiger partial charge on any atom is -0.455 e. The Labute approximate surface area is 296 Å². The molecule has 0 unspecified atom stereocenters. The number of rotatable bonds is 3. The van der Waals surface area contributed by atoms with Gasteiger partial charge < -0.3 is 4.42 Å². The highest BCUT2D eigenvalue weighted by Crippen LogP contribution is 2.70. The first kappa shape index (κ1) is 28.1. The molecule has 0 amide bonds. The van der Waals surface area contributed by atoms with Crippen molar-refractivity contribution in [2.24, 2.45) is 23.7 Å². The van der Waals surface area contributed by atoms with Gasteiger partial charge in [0.1, 0.15) is 11.2 Å². The van der Waals surface area contributed by atoms with E-state index < -0.39 is 0 Å². The second kappa shape index (κ2) is 10.2. The molecule has 0 N–H and O–H groups in total. The van der Waals surface area contributed by atoms with E-state index in [0.717, 1.165) is 50.5 Å². The van der Waals surface area contributed by atoms with Crippen LogP contribution in [0.4, 0.5) is 0 Å². The van der Waals surface area contributed by atoms with Gasteiger partial charge in [-0.3, -0.25) is 0 Å². The van der Waals surface area contributed by atoms with Gasteiger partial charge in [0.05, 0.1) is 5.56 Å². The van der Waals surface area contributed by atoms with E-state index in [1.54, 1.807) is 5.56 Å². The molecule has 6 aromatic carbocycles. The lowest BCUT2D eigenvalue weighted by Crippen LogP contribution is -2.55. The van der Waals surface area contributed by atoms with Crippen LogP contribution in [0.25, 0.3) is 78.0 Å². The van der Waals surface area contributed by atoms with Crippen molar-refractivity contribution in [3.63, 3.8) is 0 Å². The standard InChI is InChI=1S/C47H35N3O/c1-2-10-30(11-3-1)44-48-45(50-46(49-44)38-15-8-14-36-35-13-6-7-16-41(35)51-43(36)38)31-17-19-37-40(26-31)47(32-22-27-21-28(24-32)25-33(47)23-27)39-20-18-29-9-4-5-12-34(29)42(37)39/h1-20,26-28,32-33H,21-25H2. The molecule has 5 aliphatic carbocycles. The number of furan rings is 1. The topological polar surface area (TPSA) is 51.8 Å². The lowest BCUT2D eigenvalue weighted by molar-refractivity contribution is -0.0399. The SMILES string of the molecule is c1ccc(-c2nc(-c3ccc4c(c3)C3(c5ccc6ccccc6c5-4)C4CC5CC(C4)CC3C5)nc(-c3cccc4c3oc3ccccc34)n2)cc1. The summed E-state index contributed by atoms with van der Waals surface area (Å²) in [7, 11) is 0. The van der Waals surface area contributed by atoms with Gasteiger partial charge in [-0.2, -0.15) is 0 Å². The van der Waals surface area contributed by atoms with Gasteiger partial charge in [-0.25, -0.2) is 15.0 Å². The van der Waals surface area contributed by atoms with Gasteiger partial charge in [0.25, 0.3) is 0 Å². The number of nitrogens with zero attached hydrogens (tertiary/aromatic N) is 3. The molecule has 0 radical (unpaired) electrons. The van der Waals surface area contributed by atoms with Gasteiger partial charge in [0.2, 0.25) is 0 Å². The Bertz CT molecular complexity index is 2700. The van der Waals surface area contributed by atoms with Crippen LogP contribution in [0.3, 0.4) is 0 Å². The largest absolute Gasteiger partial charge is 0.455 e. The molecular weight excluding hydrogens is 623 g/mol. The number of benzene rings is 6. The molecule has 4 nitrogen and oxygen atoms in total. The van der Waals surface area contributed by atoms with Gasteiger partial charge in [0, 0.05) is 27.3 Å². The third-order valence-corrected chi connectivity index (χ3v) is 13.1. The molecule has 4 fully saturated rings. The van der Waals surface area contributed by atoms with E-state index in [0.29, 0.717) is 29.3 Å². The average molecular weight is 658 g/mol. The molecule has 4 heteroatoms. The maximum Gasteiger partial charge on any atom is 0.167 e. The number of hydrogen-bond donors (Lipinski definition) is 0. The predicted octanol–water partition coefficient (Wildman–Crippen LogP) is 11.6. The second-order valence-corrected chi connectivity index (χ2v) is 15.6. The second-order valence-electron chi connectivity index (χ2n) is 15.6. The molecule has 2 heterocycles. The maximum absolute atomic E-state index is 6.49. The minimum atomic E-state index is 0.0378. The molecule has 51 heavy (non-hydrogen) atoms. The molecule has 8 aromatic rings. The zero-order valence-electron chi connectivity index (χ0n) is 28.2. The molecule has 244 valence electrons. The molecule has 0 saturated heterocycles. The van der Waals surface area contributed by atoms with Crippen LogP contribution in [0.15, 0.2) is 132 Å². The van der Waals surface area contributed by atoms with Crippen LogP contribution in [0.2, 0.25) is 0 Å². The normalized spacial score (nSPS) is 24.2. The molecule has 1 spiro atoms. The van der Waals surface area contributed by atoms with Gasteiger partial charge in [-0.1, -0.05) is 109 Å². The number of fused-ring (bicyclic) bond motifs is 8. The van der Waals surface area contributed by atoms with Crippen LogP contribution >= 0.6 is 0 Å². The van der Waals surface area contributed by atoms with E-state index in [9.17, 15) is 0 Å². The summed E-state index contributed by atoms with van der Waals surface area (Å²) in [5, 5.41) is 4.86. The lowest BCUT2D eigenvalue weighted by Gasteiger charge is -2.61. The van der Waals surface area contributed by atoms with Crippen LogP contribution < -0.4 is 0 Å². The summed E-state index contributed by atoms with van der Waals surface area (Å²) >= 11 is 0. The molecule has 0 atom stereocenters. The van der Waals surface area contributed by atoms with Crippen molar-refractivity contribution < 1.29 is 4.42 Å². The zero-order valence-corrected chi connectivity index (χ0v) is 28.2. The van der Waals surface area contributed by atoms with Gasteiger partial charge >= 0.3 is 0 Å². The van der Waals surface area contributed by atoms with E-state index in [1.807, 2.05) is 30.3 Å². The smallest absolute Gasteiger partial charge is 0.167 e. The fraction of sp³-hybridized carbons (Fsp3) is 0.213. The molecule has 4 saturated carbocycles. The first-order chi connectivity index (χ1) is 25.2. The Morgan fingerprint density at radius 2 is 1.18 bits per heavy atom. The highest BCUT2D eigenvalue weighted by Gasteiger charge is 2.61. The van der Waals surface area contributed by atoms with Gasteiger partial charge in [0.15, 0.2) is 17.5 Å². The zero-order chi connectivity index (χ0) is 33.3. The van der Waals surface area contributed by atoms with Crippen molar-refractivity contribution in [1.82, 2.24) is 15.0 Å². The first-order valence-corrected chi connectivity index (χ1v) is 18.6. The molecule has 2 aromatic heterocycles. The Kier molecular flexibility index (Phi) is 5.64. The maximum atomic E-state index is 6.49. The van der Waals surface area contributed by atoms with Crippen molar-refractivity contribution in [2.45, 2.75) is 37.5 Å². The minimum absolute atomic E-state index is 0.0378. The van der Waals surface area contributed by atoms with Gasteiger partial charge in [-0.15, -0.1) is 0 Å². The van der Waals surface area contributed by atoms with E-state index in [1.165, 1.54) is 59.6 Å².